The molecule has 0 aliphatic rings. The molecule has 0 aliphatic heterocycles. The van der Waals surface area contributed by atoms with E-state index >= 15 is 0 Å². The minimum absolute atomic E-state index is 0.259. The van der Waals surface area contributed by atoms with Crippen molar-refractivity contribution in [2.75, 3.05) is 26.4 Å². The van der Waals surface area contributed by atoms with E-state index < -0.39 is 5.54 Å². The molecular weight excluding hydrogens is 216 g/mol. The number of rotatable bonds is 10. The topological polar surface area (TPSA) is 54.3 Å². The Kier molecular flexibility index (Phi) is 9.06. The van der Waals surface area contributed by atoms with Gasteiger partial charge in [0.15, 0.2) is 0 Å². The van der Waals surface area contributed by atoms with Gasteiger partial charge < -0.3 is 9.47 Å². The Bertz CT molecular complexity index is 226. The fourth-order valence-electron chi connectivity index (χ4n) is 1.55. The highest BCUT2D eigenvalue weighted by atomic mass is 16.5. The second kappa shape index (κ2) is 9.41. The molecule has 0 aromatic heterocycles. The molecule has 0 fully saturated rings. The molecule has 0 radical (unpaired) electrons. The SMILES string of the molecule is CCNC(C)(C#N)CCCOCCOC(C)C. The molecule has 1 atom stereocenters. The van der Waals surface area contributed by atoms with Crippen molar-refractivity contribution >= 4 is 0 Å². The van der Waals surface area contributed by atoms with Gasteiger partial charge in [-0.3, -0.25) is 5.32 Å². The average Bonchev–Trinajstić information content (AvgIpc) is 2.28. The van der Waals surface area contributed by atoms with Crippen LogP contribution in [0.15, 0.2) is 0 Å². The Labute approximate surface area is 105 Å². The highest BCUT2D eigenvalue weighted by Gasteiger charge is 2.21. The van der Waals surface area contributed by atoms with Crippen LogP contribution >= 0.6 is 0 Å². The molecule has 1 unspecified atom stereocenters. The summed E-state index contributed by atoms with van der Waals surface area (Å²) in [5.41, 5.74) is -0.424. The van der Waals surface area contributed by atoms with Crippen LogP contribution in [0.1, 0.15) is 40.5 Å². The summed E-state index contributed by atoms with van der Waals surface area (Å²) in [7, 11) is 0. The fraction of sp³-hybridized carbons (Fsp3) is 0.923. The van der Waals surface area contributed by atoms with Gasteiger partial charge in [-0.05, 0) is 40.2 Å². The second-order valence-corrected chi connectivity index (χ2v) is 4.61. The third kappa shape index (κ3) is 9.11. The largest absolute Gasteiger partial charge is 0.379 e. The van der Waals surface area contributed by atoms with Crippen LogP contribution in [0, 0.1) is 11.3 Å². The van der Waals surface area contributed by atoms with E-state index in [0.29, 0.717) is 19.8 Å². The summed E-state index contributed by atoms with van der Waals surface area (Å²) in [4.78, 5) is 0. The normalized spacial score (nSPS) is 14.6. The zero-order valence-electron chi connectivity index (χ0n) is 11.6. The quantitative estimate of drug-likeness (QED) is 0.596. The lowest BCUT2D eigenvalue weighted by Crippen LogP contribution is -2.40. The highest BCUT2D eigenvalue weighted by Crippen LogP contribution is 2.10. The Morgan fingerprint density at radius 1 is 1.29 bits per heavy atom. The van der Waals surface area contributed by atoms with Gasteiger partial charge in [0, 0.05) is 6.61 Å². The minimum atomic E-state index is -0.424. The van der Waals surface area contributed by atoms with Gasteiger partial charge in [-0.15, -0.1) is 0 Å². The van der Waals surface area contributed by atoms with E-state index in [2.05, 4.69) is 11.4 Å². The zero-order valence-corrected chi connectivity index (χ0v) is 11.6. The Morgan fingerprint density at radius 2 is 2.00 bits per heavy atom. The summed E-state index contributed by atoms with van der Waals surface area (Å²) in [6.45, 7) is 10.7. The number of ether oxygens (including phenoxy) is 2. The van der Waals surface area contributed by atoms with Crippen LogP contribution < -0.4 is 5.32 Å². The predicted molar refractivity (Wildman–Crippen MR) is 68.8 cm³/mol. The van der Waals surface area contributed by atoms with Gasteiger partial charge in [-0.25, -0.2) is 0 Å². The summed E-state index contributed by atoms with van der Waals surface area (Å²) in [5.74, 6) is 0. The first-order valence-corrected chi connectivity index (χ1v) is 6.39. The maximum atomic E-state index is 9.04. The molecule has 0 bridgehead atoms. The van der Waals surface area contributed by atoms with Crippen molar-refractivity contribution in [1.82, 2.24) is 5.32 Å². The van der Waals surface area contributed by atoms with Crippen molar-refractivity contribution in [2.24, 2.45) is 0 Å². The van der Waals surface area contributed by atoms with Gasteiger partial charge >= 0.3 is 0 Å². The maximum Gasteiger partial charge on any atom is 0.104 e. The molecule has 1 N–H and O–H groups in total. The van der Waals surface area contributed by atoms with Crippen molar-refractivity contribution in [3.05, 3.63) is 0 Å². The summed E-state index contributed by atoms with van der Waals surface area (Å²) >= 11 is 0. The molecule has 0 amide bonds. The van der Waals surface area contributed by atoms with Gasteiger partial charge in [-0.2, -0.15) is 5.26 Å². The van der Waals surface area contributed by atoms with Crippen molar-refractivity contribution in [1.29, 1.82) is 5.26 Å². The third-order valence-electron chi connectivity index (χ3n) is 2.46. The van der Waals surface area contributed by atoms with E-state index in [1.54, 1.807) is 0 Å². The number of nitrogens with one attached hydrogen (secondary N) is 1. The summed E-state index contributed by atoms with van der Waals surface area (Å²) < 4.78 is 10.8. The van der Waals surface area contributed by atoms with Crippen LogP contribution in [0.3, 0.4) is 0 Å². The summed E-state index contributed by atoms with van der Waals surface area (Å²) in [6.07, 6.45) is 1.95. The number of nitriles is 1. The van der Waals surface area contributed by atoms with Crippen molar-refractivity contribution in [2.45, 2.75) is 52.2 Å². The monoisotopic (exact) mass is 242 g/mol. The summed E-state index contributed by atoms with van der Waals surface area (Å²) in [6, 6.07) is 2.31. The van der Waals surface area contributed by atoms with Gasteiger partial charge in [0.1, 0.15) is 5.54 Å². The molecule has 4 nitrogen and oxygen atoms in total. The van der Waals surface area contributed by atoms with Crippen molar-refractivity contribution in [3.8, 4) is 6.07 Å². The van der Waals surface area contributed by atoms with Crippen molar-refractivity contribution in [3.63, 3.8) is 0 Å². The Morgan fingerprint density at radius 3 is 2.53 bits per heavy atom. The first-order valence-electron chi connectivity index (χ1n) is 6.39. The second-order valence-electron chi connectivity index (χ2n) is 4.61. The number of hydrogen-bond donors (Lipinski definition) is 1. The molecule has 0 saturated carbocycles. The molecule has 0 rings (SSSR count). The average molecular weight is 242 g/mol. The Balaban J connectivity index is 3.47. The van der Waals surface area contributed by atoms with E-state index in [1.807, 2.05) is 27.7 Å². The molecule has 17 heavy (non-hydrogen) atoms. The molecule has 0 aromatic carbocycles. The van der Waals surface area contributed by atoms with Crippen LogP contribution in [-0.4, -0.2) is 38.0 Å². The van der Waals surface area contributed by atoms with Crippen LogP contribution in [0.2, 0.25) is 0 Å². The van der Waals surface area contributed by atoms with E-state index in [9.17, 15) is 0 Å². The molecule has 0 aliphatic carbocycles. The van der Waals surface area contributed by atoms with Crippen LogP contribution in [-0.2, 0) is 9.47 Å². The standard InChI is InChI=1S/C13H26N2O2/c1-5-15-13(4,11-14)7-6-8-16-9-10-17-12(2)3/h12,15H,5-10H2,1-4H3. The predicted octanol–water partition coefficient (Wildman–Crippen LogP) is 2.10. The lowest BCUT2D eigenvalue weighted by molar-refractivity contribution is 0.0180. The first kappa shape index (κ1) is 16.4. The first-order chi connectivity index (χ1) is 8.04. The Hall–Kier alpha value is -0.630. The summed E-state index contributed by atoms with van der Waals surface area (Å²) in [5, 5.41) is 12.2. The zero-order chi connectivity index (χ0) is 13.1. The van der Waals surface area contributed by atoms with Gasteiger partial charge in [0.2, 0.25) is 0 Å². The molecule has 0 heterocycles. The lowest BCUT2D eigenvalue weighted by atomic mass is 9.98. The number of hydrogen-bond acceptors (Lipinski definition) is 4. The fourth-order valence-corrected chi connectivity index (χ4v) is 1.55. The van der Waals surface area contributed by atoms with Gasteiger partial charge in [0.25, 0.3) is 0 Å². The molecule has 0 saturated heterocycles. The van der Waals surface area contributed by atoms with Gasteiger partial charge in [-0.1, -0.05) is 6.92 Å². The third-order valence-corrected chi connectivity index (χ3v) is 2.46. The number of nitrogens with zero attached hydrogens (tertiary/aromatic N) is 1. The molecule has 0 aromatic rings. The highest BCUT2D eigenvalue weighted by molar-refractivity contribution is 5.03. The van der Waals surface area contributed by atoms with Crippen LogP contribution in [0.4, 0.5) is 0 Å². The van der Waals surface area contributed by atoms with E-state index in [0.717, 1.165) is 19.4 Å². The minimum Gasteiger partial charge on any atom is -0.379 e. The van der Waals surface area contributed by atoms with E-state index in [4.69, 9.17) is 14.7 Å². The van der Waals surface area contributed by atoms with Gasteiger partial charge in [0.05, 0.1) is 25.4 Å². The van der Waals surface area contributed by atoms with E-state index in [1.165, 1.54) is 0 Å². The molecule has 100 valence electrons. The smallest absolute Gasteiger partial charge is 0.104 e. The molecule has 0 spiro atoms. The molecular formula is C13H26N2O2. The van der Waals surface area contributed by atoms with E-state index in [-0.39, 0.29) is 6.10 Å². The molecule has 4 heteroatoms. The lowest BCUT2D eigenvalue weighted by Gasteiger charge is -2.22. The van der Waals surface area contributed by atoms with Crippen LogP contribution in [0.25, 0.3) is 0 Å². The maximum absolute atomic E-state index is 9.04. The van der Waals surface area contributed by atoms with Crippen molar-refractivity contribution < 1.29 is 9.47 Å². The van der Waals surface area contributed by atoms with Crippen LogP contribution in [0.5, 0.6) is 0 Å².